The van der Waals surface area contributed by atoms with E-state index in [1.807, 2.05) is 6.08 Å². The molecule has 0 heterocycles. The molecule has 1 atom stereocenters. The van der Waals surface area contributed by atoms with E-state index in [0.717, 1.165) is 31.1 Å². The highest BCUT2D eigenvalue weighted by atomic mass is 16.1. The first-order valence-corrected chi connectivity index (χ1v) is 3.88. The van der Waals surface area contributed by atoms with E-state index < -0.39 is 0 Å². The van der Waals surface area contributed by atoms with Crippen molar-refractivity contribution < 1.29 is 9.59 Å². The molecule has 60 valence electrons. The van der Waals surface area contributed by atoms with Gasteiger partial charge in [0.2, 0.25) is 0 Å². The summed E-state index contributed by atoms with van der Waals surface area (Å²) in [7, 11) is 0. The Morgan fingerprint density at radius 3 is 2.82 bits per heavy atom. The van der Waals surface area contributed by atoms with Gasteiger partial charge in [-0.3, -0.25) is 9.59 Å². The minimum atomic E-state index is 0.165. The first kappa shape index (κ1) is 8.18. The van der Waals surface area contributed by atoms with Gasteiger partial charge < -0.3 is 0 Å². The van der Waals surface area contributed by atoms with E-state index in [4.69, 9.17) is 0 Å². The van der Waals surface area contributed by atoms with Crippen molar-refractivity contribution >= 4 is 12.1 Å². The Kier molecular flexibility index (Phi) is 2.58. The van der Waals surface area contributed by atoms with E-state index in [-0.39, 0.29) is 11.7 Å². The fraction of sp³-hybridized carbons (Fsp3) is 0.556. The third-order valence-electron chi connectivity index (χ3n) is 2.17. The van der Waals surface area contributed by atoms with Crippen molar-refractivity contribution in [3.63, 3.8) is 0 Å². The van der Waals surface area contributed by atoms with Crippen molar-refractivity contribution in [3.8, 4) is 0 Å². The number of ketones is 1. The van der Waals surface area contributed by atoms with Crippen molar-refractivity contribution in [3.05, 3.63) is 11.6 Å². The van der Waals surface area contributed by atoms with Crippen molar-refractivity contribution in [1.82, 2.24) is 0 Å². The molecule has 0 saturated heterocycles. The molecule has 0 aliphatic heterocycles. The lowest BCUT2D eigenvalue weighted by Gasteiger charge is -2.16. The lowest BCUT2D eigenvalue weighted by Crippen LogP contribution is -2.13. The Balaban J connectivity index is 2.54. The molecule has 0 N–H and O–H groups in total. The van der Waals surface area contributed by atoms with E-state index in [9.17, 15) is 9.59 Å². The van der Waals surface area contributed by atoms with Gasteiger partial charge in [-0.15, -0.1) is 0 Å². The van der Waals surface area contributed by atoms with Crippen molar-refractivity contribution in [2.24, 2.45) is 5.92 Å². The van der Waals surface area contributed by atoms with Crippen LogP contribution in [0.3, 0.4) is 0 Å². The number of rotatable bonds is 2. The molecular formula is C9H12O2. The SMILES string of the molecule is CC(=O)C1CC=C(C=O)CC1. The van der Waals surface area contributed by atoms with Gasteiger partial charge in [-0.2, -0.15) is 0 Å². The fourth-order valence-corrected chi connectivity index (χ4v) is 1.33. The van der Waals surface area contributed by atoms with Crippen LogP contribution in [-0.2, 0) is 9.59 Å². The molecule has 0 aromatic rings. The second-order valence-electron chi connectivity index (χ2n) is 2.98. The smallest absolute Gasteiger partial charge is 0.145 e. The molecule has 0 saturated carbocycles. The quantitative estimate of drug-likeness (QED) is 0.562. The monoisotopic (exact) mass is 152 g/mol. The van der Waals surface area contributed by atoms with Gasteiger partial charge in [0.1, 0.15) is 12.1 Å². The molecule has 2 heteroatoms. The molecule has 1 aliphatic rings. The van der Waals surface area contributed by atoms with Gasteiger partial charge in [0.05, 0.1) is 0 Å². The van der Waals surface area contributed by atoms with Crippen LogP contribution in [0, 0.1) is 5.92 Å². The molecule has 0 spiro atoms. The summed E-state index contributed by atoms with van der Waals surface area (Å²) in [5.41, 5.74) is 0.850. The van der Waals surface area contributed by atoms with Gasteiger partial charge in [0, 0.05) is 5.92 Å². The molecule has 0 bridgehead atoms. The third-order valence-corrected chi connectivity index (χ3v) is 2.17. The first-order chi connectivity index (χ1) is 5.24. The molecule has 1 aliphatic carbocycles. The molecule has 0 amide bonds. The molecule has 0 fully saturated rings. The number of hydrogen-bond donors (Lipinski definition) is 0. The van der Waals surface area contributed by atoms with E-state index >= 15 is 0 Å². The summed E-state index contributed by atoms with van der Waals surface area (Å²) in [5.74, 6) is 0.407. The van der Waals surface area contributed by atoms with Gasteiger partial charge in [0.15, 0.2) is 0 Å². The number of allylic oxidation sites excluding steroid dienone is 2. The summed E-state index contributed by atoms with van der Waals surface area (Å²) >= 11 is 0. The Hall–Kier alpha value is -0.920. The zero-order valence-electron chi connectivity index (χ0n) is 6.67. The molecule has 2 nitrogen and oxygen atoms in total. The molecular weight excluding hydrogens is 140 g/mol. The van der Waals surface area contributed by atoms with E-state index in [1.54, 1.807) is 6.92 Å². The Bertz CT molecular complexity index is 204. The third kappa shape index (κ3) is 2.00. The maximum absolute atomic E-state index is 10.9. The lowest BCUT2D eigenvalue weighted by molar-refractivity contribution is -0.121. The molecule has 0 radical (unpaired) electrons. The standard InChI is InChI=1S/C9H12O2/c1-7(11)9-4-2-8(6-10)3-5-9/h2,6,9H,3-5H2,1H3. The van der Waals surface area contributed by atoms with Crippen LogP contribution in [0.1, 0.15) is 26.2 Å². The highest BCUT2D eigenvalue weighted by Gasteiger charge is 2.17. The van der Waals surface area contributed by atoms with Crippen LogP contribution in [-0.4, -0.2) is 12.1 Å². The summed E-state index contributed by atoms with van der Waals surface area (Å²) in [6.07, 6.45) is 5.13. The average molecular weight is 152 g/mol. The van der Waals surface area contributed by atoms with Gasteiger partial charge in [-0.1, -0.05) is 6.08 Å². The van der Waals surface area contributed by atoms with Gasteiger partial charge in [0.25, 0.3) is 0 Å². The summed E-state index contributed by atoms with van der Waals surface area (Å²) < 4.78 is 0. The normalized spacial score (nSPS) is 24.1. The number of carbonyl (C=O) groups excluding carboxylic acids is 2. The van der Waals surface area contributed by atoms with Crippen molar-refractivity contribution in [1.29, 1.82) is 0 Å². The second kappa shape index (κ2) is 3.46. The zero-order valence-corrected chi connectivity index (χ0v) is 6.67. The predicted octanol–water partition coefficient (Wildman–Crippen LogP) is 1.50. The molecule has 0 aromatic heterocycles. The van der Waals surface area contributed by atoms with Crippen LogP contribution >= 0.6 is 0 Å². The molecule has 1 rings (SSSR count). The number of hydrogen-bond acceptors (Lipinski definition) is 2. The minimum Gasteiger partial charge on any atom is -0.300 e. The van der Waals surface area contributed by atoms with Gasteiger partial charge in [-0.05, 0) is 31.8 Å². The second-order valence-corrected chi connectivity index (χ2v) is 2.98. The average Bonchev–Trinajstić information content (AvgIpc) is 2.05. The summed E-state index contributed by atoms with van der Waals surface area (Å²) in [5, 5.41) is 0. The summed E-state index contributed by atoms with van der Waals surface area (Å²) in [6.45, 7) is 1.62. The van der Waals surface area contributed by atoms with Gasteiger partial charge in [-0.25, -0.2) is 0 Å². The van der Waals surface area contributed by atoms with Gasteiger partial charge >= 0.3 is 0 Å². The number of carbonyl (C=O) groups is 2. The molecule has 0 aromatic carbocycles. The van der Waals surface area contributed by atoms with Crippen LogP contribution in [0.4, 0.5) is 0 Å². The summed E-state index contributed by atoms with van der Waals surface area (Å²) in [4.78, 5) is 21.2. The van der Waals surface area contributed by atoms with E-state index in [0.29, 0.717) is 0 Å². The highest BCUT2D eigenvalue weighted by molar-refractivity contribution is 5.80. The Morgan fingerprint density at radius 2 is 2.45 bits per heavy atom. The van der Waals surface area contributed by atoms with Crippen LogP contribution in [0.15, 0.2) is 11.6 Å². The fourth-order valence-electron chi connectivity index (χ4n) is 1.33. The lowest BCUT2D eigenvalue weighted by atomic mass is 9.88. The number of Topliss-reactive ketones (excluding diaryl/α,β-unsaturated/α-hetero) is 1. The molecule has 1 unspecified atom stereocenters. The van der Waals surface area contributed by atoms with E-state index in [1.165, 1.54) is 0 Å². The maximum atomic E-state index is 10.9. The zero-order chi connectivity index (χ0) is 8.27. The van der Waals surface area contributed by atoms with Crippen LogP contribution in [0.2, 0.25) is 0 Å². The summed E-state index contributed by atoms with van der Waals surface area (Å²) in [6, 6.07) is 0. The minimum absolute atomic E-state index is 0.165. The molecule has 11 heavy (non-hydrogen) atoms. The predicted molar refractivity (Wildman–Crippen MR) is 42.2 cm³/mol. The first-order valence-electron chi connectivity index (χ1n) is 3.88. The van der Waals surface area contributed by atoms with Crippen LogP contribution in [0.5, 0.6) is 0 Å². The van der Waals surface area contributed by atoms with E-state index in [2.05, 4.69) is 0 Å². The topological polar surface area (TPSA) is 34.1 Å². The number of aldehydes is 1. The van der Waals surface area contributed by atoms with Crippen LogP contribution < -0.4 is 0 Å². The Morgan fingerprint density at radius 1 is 1.73 bits per heavy atom. The van der Waals surface area contributed by atoms with Crippen molar-refractivity contribution in [2.45, 2.75) is 26.2 Å². The largest absolute Gasteiger partial charge is 0.300 e. The van der Waals surface area contributed by atoms with Crippen molar-refractivity contribution in [2.75, 3.05) is 0 Å². The van der Waals surface area contributed by atoms with Crippen LogP contribution in [0.25, 0.3) is 0 Å². The maximum Gasteiger partial charge on any atom is 0.145 e. The highest BCUT2D eigenvalue weighted by Crippen LogP contribution is 2.22. The Labute approximate surface area is 66.3 Å².